The van der Waals surface area contributed by atoms with E-state index in [1.54, 1.807) is 11.8 Å². The maximum Gasteiger partial charge on any atom is 0.159 e. The monoisotopic (exact) mass is 177 g/mol. The Morgan fingerprint density at radius 2 is 2.40 bits per heavy atom. The first-order valence-corrected chi connectivity index (χ1v) is 4.96. The third-order valence-electron chi connectivity index (χ3n) is 1.38. The minimum absolute atomic E-state index is 0.820. The van der Waals surface area contributed by atoms with Gasteiger partial charge in [0, 0.05) is 6.54 Å². The second-order valence-corrected chi connectivity index (χ2v) is 3.55. The normalized spacial score (nSPS) is 19.1. The highest BCUT2D eigenvalue weighted by molar-refractivity contribution is 8.22. The number of thiocarbonyl (C=S) groups is 1. The Bertz CT molecular complexity index is 123. The summed E-state index contributed by atoms with van der Waals surface area (Å²) >= 11 is 6.60. The van der Waals surface area contributed by atoms with Gasteiger partial charge in [0.15, 0.2) is 4.32 Å². The summed E-state index contributed by atoms with van der Waals surface area (Å²) in [7, 11) is 0. The van der Waals surface area contributed by atoms with Gasteiger partial charge in [-0.3, -0.25) is 4.84 Å². The van der Waals surface area contributed by atoms with E-state index in [2.05, 4.69) is 0 Å². The smallest absolute Gasteiger partial charge is 0.159 e. The first kappa shape index (κ1) is 8.30. The molecule has 4 heteroatoms. The van der Waals surface area contributed by atoms with Crippen LogP contribution < -0.4 is 0 Å². The molecule has 0 radical (unpaired) electrons. The van der Waals surface area contributed by atoms with Crippen LogP contribution in [0.3, 0.4) is 0 Å². The van der Waals surface area contributed by atoms with E-state index < -0.39 is 0 Å². The van der Waals surface area contributed by atoms with Gasteiger partial charge in [-0.25, -0.2) is 5.06 Å². The predicted molar refractivity (Wildman–Crippen MR) is 48.0 cm³/mol. The van der Waals surface area contributed by atoms with Crippen LogP contribution in [0.25, 0.3) is 0 Å². The number of hydroxylamine groups is 2. The van der Waals surface area contributed by atoms with Gasteiger partial charge in [0.2, 0.25) is 0 Å². The van der Waals surface area contributed by atoms with Crippen LogP contribution >= 0.6 is 24.0 Å². The highest BCUT2D eigenvalue weighted by atomic mass is 32.2. The van der Waals surface area contributed by atoms with Gasteiger partial charge >= 0.3 is 0 Å². The lowest BCUT2D eigenvalue weighted by Crippen LogP contribution is -2.32. The van der Waals surface area contributed by atoms with Crippen LogP contribution in [0.15, 0.2) is 0 Å². The molecule has 2 nitrogen and oxygen atoms in total. The van der Waals surface area contributed by atoms with E-state index in [1.165, 1.54) is 6.42 Å². The molecule has 0 aliphatic carbocycles. The molecule has 0 bridgehead atoms. The van der Waals surface area contributed by atoms with Crippen molar-refractivity contribution in [2.24, 2.45) is 0 Å². The van der Waals surface area contributed by atoms with Gasteiger partial charge < -0.3 is 0 Å². The van der Waals surface area contributed by atoms with Crippen molar-refractivity contribution < 1.29 is 4.84 Å². The number of hydrogen-bond donors (Lipinski definition) is 0. The van der Waals surface area contributed by atoms with E-state index in [9.17, 15) is 0 Å². The molecule has 0 aromatic rings. The lowest BCUT2D eigenvalue weighted by Gasteiger charge is -2.26. The Morgan fingerprint density at radius 1 is 1.60 bits per heavy atom. The van der Waals surface area contributed by atoms with Crippen molar-refractivity contribution in [2.45, 2.75) is 12.8 Å². The average Bonchev–Trinajstić information content (AvgIpc) is 2.05. The Balaban J connectivity index is 2.31. The molecule has 0 aromatic heterocycles. The fourth-order valence-corrected chi connectivity index (χ4v) is 1.33. The van der Waals surface area contributed by atoms with Crippen LogP contribution in [-0.4, -0.2) is 28.8 Å². The molecule has 0 amide bonds. The van der Waals surface area contributed by atoms with E-state index in [4.69, 9.17) is 17.1 Å². The first-order chi connectivity index (χ1) is 4.84. The molecular weight excluding hydrogens is 166 g/mol. The summed E-state index contributed by atoms with van der Waals surface area (Å²) in [6, 6.07) is 0. The third kappa shape index (κ3) is 2.11. The average molecular weight is 177 g/mol. The SMILES string of the molecule is CSC(=S)N1CCCCO1. The third-order valence-corrected chi connectivity index (χ3v) is 2.64. The topological polar surface area (TPSA) is 12.5 Å². The molecule has 0 N–H and O–H groups in total. The molecular formula is C6H11NOS2. The van der Waals surface area contributed by atoms with E-state index in [0.29, 0.717) is 0 Å². The number of rotatable bonds is 0. The van der Waals surface area contributed by atoms with Crippen molar-refractivity contribution in [1.29, 1.82) is 0 Å². The van der Waals surface area contributed by atoms with Crippen molar-refractivity contribution in [3.05, 3.63) is 0 Å². The van der Waals surface area contributed by atoms with Gasteiger partial charge in [0.25, 0.3) is 0 Å². The number of thioether (sulfide) groups is 1. The highest BCUT2D eigenvalue weighted by Gasteiger charge is 2.12. The molecule has 1 aliphatic rings. The molecule has 10 heavy (non-hydrogen) atoms. The maximum atomic E-state index is 5.30. The van der Waals surface area contributed by atoms with Crippen LogP contribution in [0.1, 0.15) is 12.8 Å². The summed E-state index contributed by atoms with van der Waals surface area (Å²) in [6.45, 7) is 1.78. The van der Waals surface area contributed by atoms with E-state index in [1.807, 2.05) is 11.3 Å². The Hall–Kier alpha value is 0.200. The first-order valence-electron chi connectivity index (χ1n) is 3.33. The minimum atomic E-state index is 0.820. The quantitative estimate of drug-likeness (QED) is 0.521. The molecule has 1 fully saturated rings. The van der Waals surface area contributed by atoms with Gasteiger partial charge in [-0.05, 0) is 19.1 Å². The molecule has 1 saturated heterocycles. The summed E-state index contributed by atoms with van der Waals surface area (Å²) in [5.41, 5.74) is 0. The number of hydrogen-bond acceptors (Lipinski definition) is 3. The summed E-state index contributed by atoms with van der Waals surface area (Å²) < 4.78 is 0.847. The van der Waals surface area contributed by atoms with E-state index >= 15 is 0 Å². The summed E-state index contributed by atoms with van der Waals surface area (Å²) in [4.78, 5) is 5.30. The second-order valence-electron chi connectivity index (χ2n) is 2.11. The lowest BCUT2D eigenvalue weighted by atomic mass is 10.3. The van der Waals surface area contributed by atoms with Crippen molar-refractivity contribution >= 4 is 28.3 Å². The van der Waals surface area contributed by atoms with Gasteiger partial charge in [-0.1, -0.05) is 24.0 Å². The Morgan fingerprint density at radius 3 is 2.90 bits per heavy atom. The molecule has 1 rings (SSSR count). The largest absolute Gasteiger partial charge is 0.272 e. The number of nitrogens with zero attached hydrogens (tertiary/aromatic N) is 1. The zero-order valence-electron chi connectivity index (χ0n) is 6.00. The zero-order valence-corrected chi connectivity index (χ0v) is 7.63. The lowest BCUT2D eigenvalue weighted by molar-refractivity contribution is -0.118. The molecule has 58 valence electrons. The molecule has 1 heterocycles. The van der Waals surface area contributed by atoms with Crippen molar-refractivity contribution in [3.8, 4) is 0 Å². The Kier molecular flexibility index (Phi) is 3.45. The van der Waals surface area contributed by atoms with E-state index in [0.717, 1.165) is 23.9 Å². The molecule has 1 aliphatic heterocycles. The molecule has 0 saturated carbocycles. The van der Waals surface area contributed by atoms with Gasteiger partial charge in [0.05, 0.1) is 6.61 Å². The van der Waals surface area contributed by atoms with Crippen LogP contribution in [0.4, 0.5) is 0 Å². The Labute approximate surface area is 70.9 Å². The van der Waals surface area contributed by atoms with Gasteiger partial charge in [-0.2, -0.15) is 0 Å². The maximum absolute atomic E-state index is 5.30. The van der Waals surface area contributed by atoms with Crippen molar-refractivity contribution in [2.75, 3.05) is 19.4 Å². The zero-order chi connectivity index (χ0) is 7.40. The highest BCUT2D eigenvalue weighted by Crippen LogP contribution is 2.11. The van der Waals surface area contributed by atoms with Gasteiger partial charge in [0.1, 0.15) is 0 Å². The molecule has 0 aromatic carbocycles. The molecule has 0 spiro atoms. The van der Waals surface area contributed by atoms with Gasteiger partial charge in [-0.15, -0.1) is 0 Å². The van der Waals surface area contributed by atoms with Crippen LogP contribution in [0, 0.1) is 0 Å². The molecule has 0 atom stereocenters. The minimum Gasteiger partial charge on any atom is -0.272 e. The predicted octanol–water partition coefficient (Wildman–Crippen LogP) is 1.66. The summed E-state index contributed by atoms with van der Waals surface area (Å²) in [5, 5.41) is 1.81. The van der Waals surface area contributed by atoms with Crippen molar-refractivity contribution in [3.63, 3.8) is 0 Å². The second kappa shape index (κ2) is 4.16. The molecule has 0 unspecified atom stereocenters. The van der Waals surface area contributed by atoms with Crippen LogP contribution in [0.2, 0.25) is 0 Å². The van der Waals surface area contributed by atoms with Crippen LogP contribution in [0.5, 0.6) is 0 Å². The summed E-state index contributed by atoms with van der Waals surface area (Å²) in [6.07, 6.45) is 4.33. The standard InChI is InChI=1S/C6H11NOS2/c1-10-6(9)7-4-2-3-5-8-7/h2-5H2,1H3. The summed E-state index contributed by atoms with van der Waals surface area (Å²) in [5.74, 6) is 0. The fraction of sp³-hybridized carbons (Fsp3) is 0.833. The van der Waals surface area contributed by atoms with Crippen LogP contribution in [-0.2, 0) is 4.84 Å². The van der Waals surface area contributed by atoms with E-state index in [-0.39, 0.29) is 0 Å². The fourth-order valence-electron chi connectivity index (χ4n) is 0.843. The van der Waals surface area contributed by atoms with Crippen molar-refractivity contribution in [1.82, 2.24) is 5.06 Å².